The number of carbonyl (C=O) groups excluding carboxylic acids is 2. The molecule has 1 spiro atoms. The van der Waals surface area contributed by atoms with Crippen LogP contribution in [0.25, 0.3) is 0 Å². The minimum Gasteiger partial charge on any atom is -0.341 e. The number of hydrogen-bond donors (Lipinski definition) is 0. The molecule has 2 aliphatic heterocycles. The molecule has 27 heavy (non-hydrogen) atoms. The van der Waals surface area contributed by atoms with Crippen LogP contribution in [-0.2, 0) is 9.59 Å². The number of rotatable bonds is 5. The Labute approximate surface area is 162 Å². The first-order valence-corrected chi connectivity index (χ1v) is 10.0. The second-order valence-electron chi connectivity index (χ2n) is 8.62. The Morgan fingerprint density at radius 2 is 2.00 bits per heavy atom. The maximum absolute atomic E-state index is 12.9. The van der Waals surface area contributed by atoms with Gasteiger partial charge in [-0.2, -0.15) is 5.10 Å². The summed E-state index contributed by atoms with van der Waals surface area (Å²) in [6.07, 6.45) is 7.27. The van der Waals surface area contributed by atoms with Crippen LogP contribution in [0.5, 0.6) is 0 Å². The zero-order chi connectivity index (χ0) is 19.6. The molecule has 0 unspecified atom stereocenters. The minimum atomic E-state index is -0.266. The standard InChI is InChI=1S/C20H33N5O2/c1-16-13-21-25(14-16)17(2)19(27)23-9-7-20(8-10-23)6-5-18(26)24(15-20)12-11-22(3)4/h13-14,17H,5-12,15H2,1-4H3/t17-/m0/s1. The largest absolute Gasteiger partial charge is 0.341 e. The number of aromatic nitrogens is 2. The second-order valence-corrected chi connectivity index (χ2v) is 8.62. The number of likely N-dealkylation sites (N-methyl/N-ethyl adjacent to an activating group) is 1. The highest BCUT2D eigenvalue weighted by atomic mass is 16.2. The number of nitrogens with zero attached hydrogens (tertiary/aromatic N) is 5. The highest BCUT2D eigenvalue weighted by Crippen LogP contribution is 2.40. The van der Waals surface area contributed by atoms with Crippen LogP contribution in [0.15, 0.2) is 12.4 Å². The predicted molar refractivity (Wildman–Crippen MR) is 104 cm³/mol. The average Bonchev–Trinajstić information content (AvgIpc) is 3.08. The van der Waals surface area contributed by atoms with Gasteiger partial charge in [0, 0.05) is 45.3 Å². The number of amides is 2. The van der Waals surface area contributed by atoms with Gasteiger partial charge in [0.25, 0.3) is 0 Å². The molecule has 3 rings (SSSR count). The molecule has 0 bridgehead atoms. The van der Waals surface area contributed by atoms with Crippen LogP contribution in [0.1, 0.15) is 44.2 Å². The lowest BCUT2D eigenvalue weighted by Gasteiger charge is -2.48. The monoisotopic (exact) mass is 375 g/mol. The normalized spacial score (nSPS) is 21.1. The highest BCUT2D eigenvalue weighted by Gasteiger charge is 2.42. The Balaban J connectivity index is 1.57. The van der Waals surface area contributed by atoms with Crippen LogP contribution in [0.4, 0.5) is 0 Å². The van der Waals surface area contributed by atoms with Crippen molar-refractivity contribution in [1.29, 1.82) is 0 Å². The molecular weight excluding hydrogens is 342 g/mol. The summed E-state index contributed by atoms with van der Waals surface area (Å²) in [6.45, 7) is 7.99. The first-order valence-electron chi connectivity index (χ1n) is 10.0. The molecule has 2 saturated heterocycles. The topological polar surface area (TPSA) is 61.7 Å². The van der Waals surface area contributed by atoms with E-state index in [0.29, 0.717) is 6.42 Å². The molecule has 0 saturated carbocycles. The van der Waals surface area contributed by atoms with Crippen LogP contribution in [-0.4, -0.2) is 83.1 Å². The van der Waals surface area contributed by atoms with Gasteiger partial charge < -0.3 is 14.7 Å². The van der Waals surface area contributed by atoms with Crippen LogP contribution >= 0.6 is 0 Å². The zero-order valence-electron chi connectivity index (χ0n) is 17.1. The summed E-state index contributed by atoms with van der Waals surface area (Å²) in [6, 6.07) is -0.266. The van der Waals surface area contributed by atoms with Gasteiger partial charge in [0.05, 0.1) is 6.20 Å². The van der Waals surface area contributed by atoms with E-state index < -0.39 is 0 Å². The Bertz CT molecular complexity index is 676. The molecule has 7 heteroatoms. The Morgan fingerprint density at radius 3 is 2.59 bits per heavy atom. The Kier molecular flexibility index (Phi) is 5.89. The Morgan fingerprint density at radius 1 is 1.30 bits per heavy atom. The lowest BCUT2D eigenvalue weighted by Crippen LogP contribution is -2.53. The zero-order valence-corrected chi connectivity index (χ0v) is 17.1. The van der Waals surface area contributed by atoms with E-state index in [2.05, 4.69) is 10.00 Å². The molecule has 7 nitrogen and oxygen atoms in total. The summed E-state index contributed by atoms with van der Waals surface area (Å²) in [7, 11) is 4.08. The van der Waals surface area contributed by atoms with Crippen molar-refractivity contribution in [3.05, 3.63) is 18.0 Å². The highest BCUT2D eigenvalue weighted by molar-refractivity contribution is 5.80. The molecule has 1 atom stereocenters. The first-order chi connectivity index (χ1) is 12.8. The van der Waals surface area contributed by atoms with E-state index in [1.54, 1.807) is 10.9 Å². The van der Waals surface area contributed by atoms with E-state index in [4.69, 9.17) is 0 Å². The molecule has 0 aliphatic carbocycles. The smallest absolute Gasteiger partial charge is 0.247 e. The van der Waals surface area contributed by atoms with Crippen molar-refractivity contribution in [3.63, 3.8) is 0 Å². The van der Waals surface area contributed by atoms with Crippen LogP contribution in [0.3, 0.4) is 0 Å². The lowest BCUT2D eigenvalue weighted by molar-refractivity contribution is -0.143. The molecule has 150 valence electrons. The van der Waals surface area contributed by atoms with Crippen LogP contribution in [0, 0.1) is 12.3 Å². The van der Waals surface area contributed by atoms with E-state index in [1.165, 1.54) is 0 Å². The van der Waals surface area contributed by atoms with Crippen LogP contribution < -0.4 is 0 Å². The van der Waals surface area contributed by atoms with Crippen molar-refractivity contribution in [2.24, 2.45) is 5.41 Å². The van der Waals surface area contributed by atoms with Crippen molar-refractivity contribution in [3.8, 4) is 0 Å². The molecule has 2 fully saturated rings. The maximum Gasteiger partial charge on any atom is 0.247 e. The molecular formula is C20H33N5O2. The average molecular weight is 376 g/mol. The number of carbonyl (C=O) groups is 2. The van der Waals surface area contributed by atoms with Gasteiger partial charge in [-0.1, -0.05) is 0 Å². The van der Waals surface area contributed by atoms with Crippen molar-refractivity contribution >= 4 is 11.8 Å². The summed E-state index contributed by atoms with van der Waals surface area (Å²) in [5, 5.41) is 4.29. The summed E-state index contributed by atoms with van der Waals surface area (Å²) in [5.74, 6) is 0.424. The van der Waals surface area contributed by atoms with Gasteiger partial charge in [-0.3, -0.25) is 14.3 Å². The van der Waals surface area contributed by atoms with Crippen molar-refractivity contribution in [1.82, 2.24) is 24.5 Å². The minimum absolute atomic E-state index is 0.143. The summed E-state index contributed by atoms with van der Waals surface area (Å²) >= 11 is 0. The second kappa shape index (κ2) is 8.00. The third-order valence-electron chi connectivity index (χ3n) is 6.19. The molecule has 1 aromatic heterocycles. The van der Waals surface area contributed by atoms with Gasteiger partial charge in [0.2, 0.25) is 11.8 Å². The van der Waals surface area contributed by atoms with Gasteiger partial charge in [-0.25, -0.2) is 0 Å². The third-order valence-corrected chi connectivity index (χ3v) is 6.19. The van der Waals surface area contributed by atoms with Gasteiger partial charge in [-0.15, -0.1) is 0 Å². The van der Waals surface area contributed by atoms with Gasteiger partial charge in [0.1, 0.15) is 6.04 Å². The fourth-order valence-electron chi connectivity index (χ4n) is 4.26. The number of hydrogen-bond acceptors (Lipinski definition) is 4. The SMILES string of the molecule is Cc1cnn([C@@H](C)C(=O)N2CCC3(CCC(=O)N(CCN(C)C)C3)CC2)c1. The molecule has 0 N–H and O–H groups in total. The fraction of sp³-hybridized carbons (Fsp3) is 0.750. The maximum atomic E-state index is 12.9. The number of piperidine rings is 2. The Hall–Kier alpha value is -1.89. The first kappa shape index (κ1) is 19.9. The summed E-state index contributed by atoms with van der Waals surface area (Å²) < 4.78 is 1.75. The number of aryl methyl sites for hydroxylation is 1. The van der Waals surface area contributed by atoms with Crippen molar-refractivity contribution in [2.45, 2.75) is 45.6 Å². The summed E-state index contributed by atoms with van der Waals surface area (Å²) in [4.78, 5) is 31.3. The molecule has 2 aliphatic rings. The van der Waals surface area contributed by atoms with Crippen molar-refractivity contribution in [2.75, 3.05) is 46.8 Å². The summed E-state index contributed by atoms with van der Waals surface area (Å²) in [5.41, 5.74) is 1.25. The van der Waals surface area contributed by atoms with Gasteiger partial charge in [-0.05, 0) is 58.2 Å². The van der Waals surface area contributed by atoms with Gasteiger partial charge >= 0.3 is 0 Å². The lowest BCUT2D eigenvalue weighted by atomic mass is 9.72. The van der Waals surface area contributed by atoms with Gasteiger partial charge in [0.15, 0.2) is 0 Å². The van der Waals surface area contributed by atoms with Crippen molar-refractivity contribution < 1.29 is 9.59 Å². The molecule has 2 amide bonds. The quantitative estimate of drug-likeness (QED) is 0.783. The fourth-order valence-corrected chi connectivity index (χ4v) is 4.26. The van der Waals surface area contributed by atoms with E-state index in [0.717, 1.165) is 57.5 Å². The van der Waals surface area contributed by atoms with E-state index in [-0.39, 0.29) is 23.3 Å². The molecule has 0 radical (unpaired) electrons. The predicted octanol–water partition coefficient (Wildman–Crippen LogP) is 1.55. The number of likely N-dealkylation sites (tertiary alicyclic amines) is 2. The third kappa shape index (κ3) is 4.51. The van der Waals surface area contributed by atoms with Crippen LogP contribution in [0.2, 0.25) is 0 Å². The molecule has 0 aromatic carbocycles. The van der Waals surface area contributed by atoms with E-state index in [9.17, 15) is 9.59 Å². The molecule has 1 aromatic rings. The van der Waals surface area contributed by atoms with E-state index in [1.807, 2.05) is 43.9 Å². The molecule has 3 heterocycles. The van der Waals surface area contributed by atoms with E-state index >= 15 is 0 Å².